The molecule has 4 N–H and O–H groups in total. The predicted octanol–water partition coefficient (Wildman–Crippen LogP) is 2.89. The molecule has 0 fully saturated rings. The lowest BCUT2D eigenvalue weighted by atomic mass is 10.0. The number of fused-ring (bicyclic) bond motifs is 1. The number of thioether (sulfide) groups is 1. The molecule has 0 unspecified atom stereocenters. The number of carbonyl (C=O) groups is 1. The van der Waals surface area contributed by atoms with Crippen LogP contribution in [0.1, 0.15) is 12.0 Å². The minimum Gasteiger partial charge on any atom is -0.480 e. The number of nitrogens with one attached hydrogen (secondary N) is 1. The van der Waals surface area contributed by atoms with Gasteiger partial charge in [-0.3, -0.25) is 0 Å². The number of benzene rings is 2. The summed E-state index contributed by atoms with van der Waals surface area (Å²) in [6.45, 7) is 0. The fraction of sp³-hybridized carbons (Fsp3) is 0.250. The van der Waals surface area contributed by atoms with Crippen molar-refractivity contribution in [2.45, 2.75) is 12.5 Å². The van der Waals surface area contributed by atoms with Crippen LogP contribution in [0.2, 0.25) is 0 Å². The average molecular weight is 334 g/mol. The summed E-state index contributed by atoms with van der Waals surface area (Å²) >= 11 is 7.03. The van der Waals surface area contributed by atoms with Crippen LogP contribution in [0.15, 0.2) is 36.4 Å². The molecule has 2 aromatic carbocycles. The van der Waals surface area contributed by atoms with Gasteiger partial charge >= 0.3 is 5.97 Å². The molecule has 0 aliphatic carbocycles. The van der Waals surface area contributed by atoms with Crippen molar-refractivity contribution in [3.63, 3.8) is 0 Å². The highest BCUT2D eigenvalue weighted by Gasteiger charge is 2.19. The number of thiocarbonyl (C=S) groups is 1. The van der Waals surface area contributed by atoms with Gasteiger partial charge in [0.15, 0.2) is 0 Å². The lowest BCUT2D eigenvalue weighted by Crippen LogP contribution is -2.40. The maximum absolute atomic E-state index is 11.3. The van der Waals surface area contributed by atoms with Gasteiger partial charge in [-0.1, -0.05) is 36.5 Å². The molecule has 0 aromatic heterocycles. The first-order chi connectivity index (χ1) is 10.5. The first kappa shape index (κ1) is 16.6. The molecule has 0 bridgehead atoms. The van der Waals surface area contributed by atoms with Crippen molar-refractivity contribution in [1.82, 2.24) is 5.32 Å². The van der Waals surface area contributed by atoms with E-state index in [0.29, 0.717) is 17.1 Å². The summed E-state index contributed by atoms with van der Waals surface area (Å²) in [6.07, 6.45) is 2.47. The topological polar surface area (TPSA) is 75.3 Å². The average Bonchev–Trinajstić information content (AvgIpc) is 2.49. The Bertz CT molecular complexity index is 704. The minimum absolute atomic E-state index is 0.448. The van der Waals surface area contributed by atoms with Crippen molar-refractivity contribution in [2.24, 2.45) is 0 Å². The summed E-state index contributed by atoms with van der Waals surface area (Å²) in [5, 5.41) is 14.2. The maximum Gasteiger partial charge on any atom is 0.326 e. The molecule has 0 radical (unpaired) electrons. The van der Waals surface area contributed by atoms with Gasteiger partial charge in [0, 0.05) is 11.3 Å². The molecule has 0 heterocycles. The van der Waals surface area contributed by atoms with Gasteiger partial charge in [0.2, 0.25) is 0 Å². The van der Waals surface area contributed by atoms with E-state index in [1.54, 1.807) is 11.8 Å². The lowest BCUT2D eigenvalue weighted by Gasteiger charge is -2.17. The van der Waals surface area contributed by atoms with E-state index in [1.807, 2.05) is 42.7 Å². The summed E-state index contributed by atoms with van der Waals surface area (Å²) < 4.78 is 0. The molecule has 2 rings (SSSR count). The fourth-order valence-electron chi connectivity index (χ4n) is 2.23. The normalized spacial score (nSPS) is 12.0. The molecule has 0 saturated heterocycles. The Morgan fingerprint density at radius 3 is 2.86 bits per heavy atom. The zero-order valence-electron chi connectivity index (χ0n) is 12.2. The number of carboxylic acids is 1. The van der Waals surface area contributed by atoms with Crippen molar-refractivity contribution >= 4 is 51.4 Å². The third kappa shape index (κ3) is 3.90. The predicted molar refractivity (Wildman–Crippen MR) is 97.6 cm³/mol. The van der Waals surface area contributed by atoms with Crippen LogP contribution in [0.5, 0.6) is 0 Å². The molecule has 0 aliphatic heterocycles. The quantitative estimate of drug-likeness (QED) is 0.557. The van der Waals surface area contributed by atoms with Gasteiger partial charge in [-0.05, 0) is 41.3 Å². The van der Waals surface area contributed by atoms with Gasteiger partial charge in [-0.2, -0.15) is 11.8 Å². The van der Waals surface area contributed by atoms with Crippen LogP contribution in [0.3, 0.4) is 0 Å². The van der Waals surface area contributed by atoms with Crippen LogP contribution in [-0.2, 0) is 4.79 Å². The highest BCUT2D eigenvalue weighted by atomic mass is 32.2. The number of anilines is 1. The minimum atomic E-state index is -0.888. The Morgan fingerprint density at radius 1 is 1.41 bits per heavy atom. The second kappa shape index (κ2) is 7.47. The molecule has 2 aromatic rings. The van der Waals surface area contributed by atoms with Gasteiger partial charge < -0.3 is 16.2 Å². The Labute approximate surface area is 139 Å². The Morgan fingerprint density at radius 2 is 2.18 bits per heavy atom. The molecule has 1 atom stereocenters. The van der Waals surface area contributed by atoms with E-state index in [4.69, 9.17) is 18.0 Å². The molecular formula is C16H18N2O2S2. The van der Waals surface area contributed by atoms with Crippen LogP contribution in [0, 0.1) is 0 Å². The van der Waals surface area contributed by atoms with Gasteiger partial charge in [0.1, 0.15) is 11.0 Å². The van der Waals surface area contributed by atoms with E-state index in [-0.39, 0.29) is 0 Å². The number of nitrogen functional groups attached to an aromatic ring is 1. The number of rotatable bonds is 6. The molecule has 116 valence electrons. The third-order valence-electron chi connectivity index (χ3n) is 3.36. The molecule has 0 amide bonds. The number of carboxylic acid groups (broad SMARTS) is 1. The highest BCUT2D eigenvalue weighted by molar-refractivity contribution is 7.98. The summed E-state index contributed by atoms with van der Waals surface area (Å²) in [4.78, 5) is 11.8. The number of hydrogen-bond acceptors (Lipinski definition) is 4. The van der Waals surface area contributed by atoms with Crippen LogP contribution in [0.4, 0.5) is 5.69 Å². The van der Waals surface area contributed by atoms with Crippen molar-refractivity contribution in [1.29, 1.82) is 0 Å². The van der Waals surface area contributed by atoms with Crippen LogP contribution >= 0.6 is 24.0 Å². The lowest BCUT2D eigenvalue weighted by molar-refractivity contribution is -0.139. The van der Waals surface area contributed by atoms with Crippen molar-refractivity contribution in [3.8, 4) is 0 Å². The second-order valence-corrected chi connectivity index (χ2v) is 6.33. The zero-order valence-corrected chi connectivity index (χ0v) is 13.8. The number of nitrogens with two attached hydrogens (primary N) is 1. The molecule has 0 spiro atoms. The Balaban J connectivity index is 2.27. The van der Waals surface area contributed by atoms with Gasteiger partial charge in [0.05, 0.1) is 0 Å². The molecule has 4 nitrogen and oxygen atoms in total. The monoisotopic (exact) mass is 334 g/mol. The zero-order chi connectivity index (χ0) is 16.1. The Kier molecular flexibility index (Phi) is 5.63. The summed E-state index contributed by atoms with van der Waals surface area (Å²) in [5.41, 5.74) is 7.31. The summed E-state index contributed by atoms with van der Waals surface area (Å²) in [5.74, 6) is -0.126. The van der Waals surface area contributed by atoms with Gasteiger partial charge in [-0.15, -0.1) is 0 Å². The Hall–Kier alpha value is -1.79. The SMILES string of the molecule is CSCC[C@H](NC(=S)c1cccc2cc(N)ccc12)C(=O)O. The number of aliphatic carboxylic acids is 1. The van der Waals surface area contributed by atoms with Crippen molar-refractivity contribution < 1.29 is 9.90 Å². The van der Waals surface area contributed by atoms with E-state index >= 15 is 0 Å². The van der Waals surface area contributed by atoms with Gasteiger partial charge in [0.25, 0.3) is 0 Å². The first-order valence-electron chi connectivity index (χ1n) is 6.84. The molecule has 6 heteroatoms. The molecular weight excluding hydrogens is 316 g/mol. The molecule has 22 heavy (non-hydrogen) atoms. The summed E-state index contributed by atoms with van der Waals surface area (Å²) in [6, 6.07) is 10.7. The second-order valence-electron chi connectivity index (χ2n) is 4.93. The first-order valence-corrected chi connectivity index (χ1v) is 8.64. The van der Waals surface area contributed by atoms with Crippen molar-refractivity contribution in [3.05, 3.63) is 42.0 Å². The smallest absolute Gasteiger partial charge is 0.326 e. The van der Waals surface area contributed by atoms with Crippen LogP contribution in [0.25, 0.3) is 10.8 Å². The van der Waals surface area contributed by atoms with Gasteiger partial charge in [-0.25, -0.2) is 4.79 Å². The van der Waals surface area contributed by atoms with E-state index < -0.39 is 12.0 Å². The summed E-state index contributed by atoms with van der Waals surface area (Å²) in [7, 11) is 0. The maximum atomic E-state index is 11.3. The largest absolute Gasteiger partial charge is 0.480 e. The molecule has 0 saturated carbocycles. The fourth-order valence-corrected chi connectivity index (χ4v) is 3.02. The highest BCUT2D eigenvalue weighted by Crippen LogP contribution is 2.22. The van der Waals surface area contributed by atoms with Crippen LogP contribution in [-0.4, -0.2) is 34.1 Å². The van der Waals surface area contributed by atoms with Crippen LogP contribution < -0.4 is 11.1 Å². The van der Waals surface area contributed by atoms with Crippen molar-refractivity contribution in [2.75, 3.05) is 17.7 Å². The van der Waals surface area contributed by atoms with E-state index in [0.717, 1.165) is 22.1 Å². The van der Waals surface area contributed by atoms with E-state index in [1.165, 1.54) is 0 Å². The van der Waals surface area contributed by atoms with E-state index in [9.17, 15) is 9.90 Å². The third-order valence-corrected chi connectivity index (χ3v) is 4.34. The molecule has 0 aliphatic rings. The van der Waals surface area contributed by atoms with E-state index in [2.05, 4.69) is 5.32 Å². The standard InChI is InChI=1S/C16H18N2O2S2/c1-22-8-7-14(16(19)20)18-15(21)13-4-2-3-10-9-11(17)5-6-12(10)13/h2-6,9,14H,7-8,17H2,1H3,(H,18,21)(H,19,20)/t14-/m0/s1. The number of hydrogen-bond donors (Lipinski definition) is 3.